The number of nitrogens with one attached hydrogen (secondary N) is 1. The highest BCUT2D eigenvalue weighted by Gasteiger charge is 2.12. The summed E-state index contributed by atoms with van der Waals surface area (Å²) in [4.78, 5) is 0. The number of rotatable bonds is 6. The number of benzene rings is 2. The predicted octanol–water partition coefficient (Wildman–Crippen LogP) is 4.38. The Morgan fingerprint density at radius 1 is 1.19 bits per heavy atom. The normalized spacial score (nSPS) is 12.2. The second-order valence-corrected chi connectivity index (χ2v) is 5.19. The molecule has 0 amide bonds. The summed E-state index contributed by atoms with van der Waals surface area (Å²) in [5, 5.41) is 3.73. The molecule has 0 aliphatic heterocycles. The van der Waals surface area contributed by atoms with Gasteiger partial charge in [0, 0.05) is 11.1 Å². The molecular formula is C17H19ClFNO. The van der Waals surface area contributed by atoms with E-state index in [9.17, 15) is 4.39 Å². The van der Waals surface area contributed by atoms with Crippen LogP contribution in [0.1, 0.15) is 24.1 Å². The molecule has 1 unspecified atom stereocenters. The zero-order valence-electron chi connectivity index (χ0n) is 12.2. The van der Waals surface area contributed by atoms with E-state index >= 15 is 0 Å². The summed E-state index contributed by atoms with van der Waals surface area (Å²) < 4.78 is 18.5. The summed E-state index contributed by atoms with van der Waals surface area (Å²) in [5.74, 6) is 0.543. The fourth-order valence-corrected chi connectivity index (χ4v) is 2.50. The number of ether oxygens (including phenoxy) is 1. The fourth-order valence-electron chi connectivity index (χ4n) is 2.26. The largest absolute Gasteiger partial charge is 0.494 e. The van der Waals surface area contributed by atoms with E-state index in [-0.39, 0.29) is 11.9 Å². The molecule has 2 rings (SSSR count). The Kier molecular flexibility index (Phi) is 5.59. The summed E-state index contributed by atoms with van der Waals surface area (Å²) in [6, 6.07) is 12.6. The summed E-state index contributed by atoms with van der Waals surface area (Å²) in [6.45, 7) is 2.61. The minimum atomic E-state index is -0.314. The van der Waals surface area contributed by atoms with Gasteiger partial charge in [0.1, 0.15) is 11.6 Å². The van der Waals surface area contributed by atoms with Crippen molar-refractivity contribution in [1.82, 2.24) is 5.32 Å². The predicted molar refractivity (Wildman–Crippen MR) is 84.5 cm³/mol. The van der Waals surface area contributed by atoms with Gasteiger partial charge in [0.15, 0.2) is 0 Å². The third kappa shape index (κ3) is 4.19. The lowest BCUT2D eigenvalue weighted by Gasteiger charge is -2.18. The first-order chi connectivity index (χ1) is 10.1. The van der Waals surface area contributed by atoms with Crippen molar-refractivity contribution >= 4 is 11.6 Å². The highest BCUT2D eigenvalue weighted by atomic mass is 35.5. The van der Waals surface area contributed by atoms with Crippen molar-refractivity contribution < 1.29 is 9.13 Å². The van der Waals surface area contributed by atoms with Crippen LogP contribution in [0, 0.1) is 5.82 Å². The lowest BCUT2D eigenvalue weighted by Crippen LogP contribution is -2.19. The van der Waals surface area contributed by atoms with Crippen LogP contribution in [0.25, 0.3) is 0 Å². The van der Waals surface area contributed by atoms with Crippen molar-refractivity contribution in [3.8, 4) is 5.75 Å². The van der Waals surface area contributed by atoms with E-state index in [0.29, 0.717) is 18.1 Å². The second kappa shape index (κ2) is 7.43. The molecule has 0 aliphatic carbocycles. The fraction of sp³-hybridized carbons (Fsp3) is 0.294. The van der Waals surface area contributed by atoms with Gasteiger partial charge in [-0.15, -0.1) is 0 Å². The molecule has 0 saturated carbocycles. The van der Waals surface area contributed by atoms with Crippen molar-refractivity contribution in [2.75, 3.05) is 13.7 Å². The molecule has 4 heteroatoms. The topological polar surface area (TPSA) is 21.3 Å². The van der Waals surface area contributed by atoms with E-state index in [1.54, 1.807) is 6.07 Å². The summed E-state index contributed by atoms with van der Waals surface area (Å²) in [7, 11) is 1.90. The van der Waals surface area contributed by atoms with E-state index < -0.39 is 0 Å². The average Bonchev–Trinajstić information content (AvgIpc) is 2.48. The highest BCUT2D eigenvalue weighted by molar-refractivity contribution is 6.31. The standard InChI is InChI=1S/C17H19ClFNO/c1-3-21-15-8-5-12(6-9-15)17(20-2)10-13-4-7-14(19)11-16(13)18/h4-9,11,17,20H,3,10H2,1-2H3. The van der Waals surface area contributed by atoms with Crippen molar-refractivity contribution in [2.45, 2.75) is 19.4 Å². The van der Waals surface area contributed by atoms with Gasteiger partial charge >= 0.3 is 0 Å². The highest BCUT2D eigenvalue weighted by Crippen LogP contribution is 2.25. The van der Waals surface area contributed by atoms with Crippen LogP contribution in [0.3, 0.4) is 0 Å². The van der Waals surface area contributed by atoms with Crippen molar-refractivity contribution in [2.24, 2.45) is 0 Å². The van der Waals surface area contributed by atoms with Crippen molar-refractivity contribution in [1.29, 1.82) is 0 Å². The maximum Gasteiger partial charge on any atom is 0.124 e. The smallest absolute Gasteiger partial charge is 0.124 e. The maximum atomic E-state index is 13.1. The minimum Gasteiger partial charge on any atom is -0.494 e. The molecule has 2 aromatic carbocycles. The Morgan fingerprint density at radius 3 is 2.48 bits per heavy atom. The number of halogens is 2. The molecule has 112 valence electrons. The third-order valence-corrected chi connectivity index (χ3v) is 3.73. The average molecular weight is 308 g/mol. The van der Waals surface area contributed by atoms with E-state index in [1.165, 1.54) is 12.1 Å². The first-order valence-corrected chi connectivity index (χ1v) is 7.35. The molecule has 0 aliphatic rings. The van der Waals surface area contributed by atoms with Crippen LogP contribution in [0.4, 0.5) is 4.39 Å². The van der Waals surface area contributed by atoms with E-state index in [2.05, 4.69) is 5.32 Å². The quantitative estimate of drug-likeness (QED) is 0.855. The second-order valence-electron chi connectivity index (χ2n) is 4.78. The Balaban J connectivity index is 2.15. The molecule has 21 heavy (non-hydrogen) atoms. The number of likely N-dealkylation sites (N-methyl/N-ethyl adjacent to an activating group) is 1. The van der Waals surface area contributed by atoms with Crippen LogP contribution in [0.2, 0.25) is 5.02 Å². The first-order valence-electron chi connectivity index (χ1n) is 6.98. The minimum absolute atomic E-state index is 0.114. The third-order valence-electron chi connectivity index (χ3n) is 3.38. The van der Waals surface area contributed by atoms with Gasteiger partial charge in [-0.25, -0.2) is 4.39 Å². The van der Waals surface area contributed by atoms with Gasteiger partial charge in [-0.1, -0.05) is 29.8 Å². The zero-order valence-corrected chi connectivity index (χ0v) is 13.0. The summed E-state index contributed by atoms with van der Waals surface area (Å²) in [6.07, 6.45) is 0.698. The number of hydrogen-bond acceptors (Lipinski definition) is 2. The van der Waals surface area contributed by atoms with Gasteiger partial charge in [0.2, 0.25) is 0 Å². The monoisotopic (exact) mass is 307 g/mol. The van der Waals surface area contributed by atoms with E-state index in [1.807, 2.05) is 38.2 Å². The van der Waals surface area contributed by atoms with Gasteiger partial charge in [-0.2, -0.15) is 0 Å². The molecule has 0 aromatic heterocycles. The molecular weight excluding hydrogens is 289 g/mol. The number of hydrogen-bond donors (Lipinski definition) is 1. The molecule has 1 N–H and O–H groups in total. The van der Waals surface area contributed by atoms with Gasteiger partial charge in [-0.05, 0) is 55.8 Å². The van der Waals surface area contributed by atoms with Crippen LogP contribution in [0.5, 0.6) is 5.75 Å². The van der Waals surface area contributed by atoms with Gasteiger partial charge < -0.3 is 10.1 Å². The van der Waals surface area contributed by atoms with Crippen LogP contribution in [-0.4, -0.2) is 13.7 Å². The molecule has 2 nitrogen and oxygen atoms in total. The van der Waals surface area contributed by atoms with Gasteiger partial charge in [0.05, 0.1) is 6.61 Å². The van der Waals surface area contributed by atoms with Gasteiger partial charge in [-0.3, -0.25) is 0 Å². The Morgan fingerprint density at radius 2 is 1.90 bits per heavy atom. The lowest BCUT2D eigenvalue weighted by atomic mass is 9.99. The van der Waals surface area contributed by atoms with Crippen LogP contribution in [-0.2, 0) is 6.42 Å². The van der Waals surface area contributed by atoms with Crippen LogP contribution < -0.4 is 10.1 Å². The molecule has 0 bridgehead atoms. The zero-order chi connectivity index (χ0) is 15.2. The Labute approximate surface area is 129 Å². The SMILES string of the molecule is CCOc1ccc(C(Cc2ccc(F)cc2Cl)NC)cc1. The summed E-state index contributed by atoms with van der Waals surface area (Å²) in [5.41, 5.74) is 2.06. The molecule has 0 radical (unpaired) electrons. The van der Waals surface area contributed by atoms with Crippen molar-refractivity contribution in [3.05, 3.63) is 64.4 Å². The molecule has 2 aromatic rings. The Bertz CT molecular complexity index is 586. The van der Waals surface area contributed by atoms with E-state index in [4.69, 9.17) is 16.3 Å². The lowest BCUT2D eigenvalue weighted by molar-refractivity contribution is 0.340. The van der Waals surface area contributed by atoms with Crippen molar-refractivity contribution in [3.63, 3.8) is 0 Å². The molecule has 0 spiro atoms. The van der Waals surface area contributed by atoms with Gasteiger partial charge in [0.25, 0.3) is 0 Å². The summed E-state index contributed by atoms with van der Waals surface area (Å²) >= 11 is 6.10. The maximum absolute atomic E-state index is 13.1. The van der Waals surface area contributed by atoms with E-state index in [0.717, 1.165) is 16.9 Å². The Hall–Kier alpha value is -1.58. The molecule has 0 heterocycles. The van der Waals surface area contributed by atoms with Crippen LogP contribution in [0.15, 0.2) is 42.5 Å². The molecule has 1 atom stereocenters. The molecule has 0 saturated heterocycles. The molecule has 0 fully saturated rings. The first kappa shape index (κ1) is 15.8. The van der Waals surface area contributed by atoms with Crippen LogP contribution >= 0.6 is 11.6 Å².